The van der Waals surface area contributed by atoms with E-state index in [0.717, 1.165) is 22.9 Å². The molecule has 0 aliphatic carbocycles. The SMILES string of the molecule is CCCCCCOc1c(Br)cc(/C=N/NC(=O)c2ccccc2)cc1OCC. The Morgan fingerprint density at radius 2 is 1.89 bits per heavy atom. The topological polar surface area (TPSA) is 59.9 Å². The summed E-state index contributed by atoms with van der Waals surface area (Å²) in [6, 6.07) is 12.7. The van der Waals surface area contributed by atoms with Crippen molar-refractivity contribution in [2.45, 2.75) is 39.5 Å². The third-order valence-corrected chi connectivity index (χ3v) is 4.58. The summed E-state index contributed by atoms with van der Waals surface area (Å²) >= 11 is 3.55. The summed E-state index contributed by atoms with van der Waals surface area (Å²) < 4.78 is 12.5. The highest BCUT2D eigenvalue weighted by molar-refractivity contribution is 9.10. The Hall–Kier alpha value is -2.34. The van der Waals surface area contributed by atoms with Crippen LogP contribution in [-0.4, -0.2) is 25.3 Å². The first-order valence-electron chi connectivity index (χ1n) is 9.63. The maximum atomic E-state index is 12.0. The van der Waals surface area contributed by atoms with Crippen LogP contribution in [0.15, 0.2) is 52.0 Å². The molecule has 2 aromatic rings. The zero-order valence-corrected chi connectivity index (χ0v) is 18.0. The van der Waals surface area contributed by atoms with Gasteiger partial charge in [-0.1, -0.05) is 44.4 Å². The fourth-order valence-corrected chi connectivity index (χ4v) is 3.16. The molecule has 5 nitrogen and oxygen atoms in total. The number of carbonyl (C=O) groups excluding carboxylic acids is 1. The van der Waals surface area contributed by atoms with Crippen molar-refractivity contribution in [1.82, 2.24) is 5.43 Å². The van der Waals surface area contributed by atoms with Gasteiger partial charge in [0.05, 0.1) is 23.9 Å². The summed E-state index contributed by atoms with van der Waals surface area (Å²) in [7, 11) is 0. The van der Waals surface area contributed by atoms with Crippen LogP contribution in [0.25, 0.3) is 0 Å². The highest BCUT2D eigenvalue weighted by Crippen LogP contribution is 2.36. The van der Waals surface area contributed by atoms with Crippen molar-refractivity contribution in [2.75, 3.05) is 13.2 Å². The van der Waals surface area contributed by atoms with Gasteiger partial charge in [0, 0.05) is 5.56 Å². The molecule has 2 aromatic carbocycles. The van der Waals surface area contributed by atoms with E-state index in [-0.39, 0.29) is 5.91 Å². The van der Waals surface area contributed by atoms with Crippen LogP contribution in [0.1, 0.15) is 55.5 Å². The number of amides is 1. The fourth-order valence-electron chi connectivity index (χ4n) is 2.59. The average Bonchev–Trinajstić information content (AvgIpc) is 2.70. The zero-order chi connectivity index (χ0) is 20.2. The molecule has 0 heterocycles. The highest BCUT2D eigenvalue weighted by atomic mass is 79.9. The van der Waals surface area contributed by atoms with Gasteiger partial charge in [0.2, 0.25) is 0 Å². The molecule has 0 atom stereocenters. The largest absolute Gasteiger partial charge is 0.490 e. The Labute approximate surface area is 175 Å². The van der Waals surface area contributed by atoms with Gasteiger partial charge >= 0.3 is 0 Å². The van der Waals surface area contributed by atoms with E-state index in [1.54, 1.807) is 18.3 Å². The van der Waals surface area contributed by atoms with Crippen LogP contribution >= 0.6 is 15.9 Å². The van der Waals surface area contributed by atoms with Crippen LogP contribution in [0.5, 0.6) is 11.5 Å². The summed E-state index contributed by atoms with van der Waals surface area (Å²) in [6.45, 7) is 5.30. The summed E-state index contributed by atoms with van der Waals surface area (Å²) in [6.07, 6.45) is 6.17. The van der Waals surface area contributed by atoms with Crippen LogP contribution in [0, 0.1) is 0 Å². The number of nitrogens with zero attached hydrogens (tertiary/aromatic N) is 1. The van der Waals surface area contributed by atoms with Crippen molar-refractivity contribution in [1.29, 1.82) is 0 Å². The summed E-state index contributed by atoms with van der Waals surface area (Å²) in [5.41, 5.74) is 3.88. The van der Waals surface area contributed by atoms with E-state index in [9.17, 15) is 4.79 Å². The number of hydrazone groups is 1. The predicted octanol–water partition coefficient (Wildman–Crippen LogP) is 5.57. The fraction of sp³-hybridized carbons (Fsp3) is 0.364. The number of ether oxygens (including phenoxy) is 2. The maximum absolute atomic E-state index is 12.0. The minimum atomic E-state index is -0.256. The van der Waals surface area contributed by atoms with E-state index in [1.807, 2.05) is 37.3 Å². The number of hydrogen-bond donors (Lipinski definition) is 1. The molecular formula is C22H27BrN2O3. The predicted molar refractivity (Wildman–Crippen MR) is 116 cm³/mol. The molecule has 0 aliphatic rings. The average molecular weight is 447 g/mol. The van der Waals surface area contributed by atoms with E-state index in [1.165, 1.54) is 12.8 Å². The molecule has 0 spiro atoms. The van der Waals surface area contributed by atoms with Crippen LogP contribution in [0.4, 0.5) is 0 Å². The van der Waals surface area contributed by atoms with Crippen molar-refractivity contribution in [3.8, 4) is 11.5 Å². The Morgan fingerprint density at radius 1 is 1.11 bits per heavy atom. The van der Waals surface area contributed by atoms with Gasteiger partial charge in [-0.25, -0.2) is 5.43 Å². The Morgan fingerprint density at radius 3 is 2.61 bits per heavy atom. The Kier molecular flexibility index (Phi) is 9.55. The number of hydrogen-bond acceptors (Lipinski definition) is 4. The lowest BCUT2D eigenvalue weighted by Gasteiger charge is -2.14. The van der Waals surface area contributed by atoms with Crippen molar-refractivity contribution < 1.29 is 14.3 Å². The van der Waals surface area contributed by atoms with Crippen molar-refractivity contribution >= 4 is 28.1 Å². The molecule has 0 fully saturated rings. The molecule has 150 valence electrons. The second-order valence-electron chi connectivity index (χ2n) is 6.24. The van der Waals surface area contributed by atoms with Crippen molar-refractivity contribution in [3.63, 3.8) is 0 Å². The molecule has 0 radical (unpaired) electrons. The van der Waals surface area contributed by atoms with E-state index in [0.29, 0.717) is 30.3 Å². The number of unbranched alkanes of at least 4 members (excludes halogenated alkanes) is 3. The third-order valence-electron chi connectivity index (χ3n) is 3.99. The number of halogens is 1. The van der Waals surface area contributed by atoms with Crippen LogP contribution < -0.4 is 14.9 Å². The normalized spacial score (nSPS) is 10.8. The molecule has 2 rings (SSSR count). The van der Waals surface area contributed by atoms with Crippen LogP contribution in [-0.2, 0) is 0 Å². The smallest absolute Gasteiger partial charge is 0.271 e. The van der Waals surface area contributed by atoms with E-state index >= 15 is 0 Å². The molecule has 0 saturated heterocycles. The maximum Gasteiger partial charge on any atom is 0.271 e. The molecule has 0 bridgehead atoms. The molecule has 0 aliphatic heterocycles. The standard InChI is InChI=1S/C22H27BrN2O3/c1-3-5-6-10-13-28-21-19(23)14-17(15-20(21)27-4-2)16-24-25-22(26)18-11-8-7-9-12-18/h7-9,11-12,14-16H,3-6,10,13H2,1-2H3,(H,25,26)/b24-16+. The number of rotatable bonds is 11. The molecule has 0 saturated carbocycles. The lowest BCUT2D eigenvalue weighted by molar-refractivity contribution is 0.0955. The van der Waals surface area contributed by atoms with Gasteiger partial charge in [0.1, 0.15) is 0 Å². The lowest BCUT2D eigenvalue weighted by atomic mass is 10.2. The van der Waals surface area contributed by atoms with Crippen LogP contribution in [0.2, 0.25) is 0 Å². The number of benzene rings is 2. The van der Waals surface area contributed by atoms with Gasteiger partial charge in [0.15, 0.2) is 11.5 Å². The molecule has 1 N–H and O–H groups in total. The first-order valence-corrected chi connectivity index (χ1v) is 10.4. The van der Waals surface area contributed by atoms with Crippen LogP contribution in [0.3, 0.4) is 0 Å². The van der Waals surface area contributed by atoms with Gasteiger partial charge in [-0.3, -0.25) is 4.79 Å². The number of carbonyl (C=O) groups is 1. The van der Waals surface area contributed by atoms with Gasteiger partial charge < -0.3 is 9.47 Å². The van der Waals surface area contributed by atoms with Gasteiger partial charge in [-0.2, -0.15) is 5.10 Å². The van der Waals surface area contributed by atoms with Gasteiger partial charge in [-0.05, 0) is 59.1 Å². The van der Waals surface area contributed by atoms with Gasteiger partial charge in [-0.15, -0.1) is 0 Å². The quantitative estimate of drug-likeness (QED) is 0.278. The Balaban J connectivity index is 2.03. The van der Waals surface area contributed by atoms with Crippen molar-refractivity contribution in [2.24, 2.45) is 5.10 Å². The summed E-state index contributed by atoms with van der Waals surface area (Å²) in [5.74, 6) is 1.10. The second kappa shape index (κ2) is 12.2. The molecule has 6 heteroatoms. The van der Waals surface area contributed by atoms with Gasteiger partial charge in [0.25, 0.3) is 5.91 Å². The monoisotopic (exact) mass is 446 g/mol. The first kappa shape index (κ1) is 22.0. The Bertz CT molecular complexity index is 779. The van der Waals surface area contributed by atoms with E-state index in [4.69, 9.17) is 9.47 Å². The molecular weight excluding hydrogens is 420 g/mol. The lowest BCUT2D eigenvalue weighted by Crippen LogP contribution is -2.17. The molecule has 0 unspecified atom stereocenters. The highest BCUT2D eigenvalue weighted by Gasteiger charge is 2.12. The minimum absolute atomic E-state index is 0.256. The summed E-state index contributed by atoms with van der Waals surface area (Å²) in [5, 5.41) is 4.04. The second-order valence-corrected chi connectivity index (χ2v) is 7.09. The van der Waals surface area contributed by atoms with Crippen molar-refractivity contribution in [3.05, 3.63) is 58.1 Å². The molecule has 0 aromatic heterocycles. The minimum Gasteiger partial charge on any atom is -0.490 e. The zero-order valence-electron chi connectivity index (χ0n) is 16.4. The third kappa shape index (κ3) is 7.00. The number of nitrogens with one attached hydrogen (secondary N) is 1. The molecule has 1 amide bonds. The summed E-state index contributed by atoms with van der Waals surface area (Å²) in [4.78, 5) is 12.0. The van der Waals surface area contributed by atoms with E-state index in [2.05, 4.69) is 33.4 Å². The molecule has 28 heavy (non-hydrogen) atoms. The van der Waals surface area contributed by atoms with E-state index < -0.39 is 0 Å². The first-order chi connectivity index (χ1) is 13.7.